The molecule has 0 aromatic heterocycles. The van der Waals surface area contributed by atoms with Crippen molar-refractivity contribution in [3.8, 4) is 0 Å². The number of benzene rings is 2. The van der Waals surface area contributed by atoms with E-state index in [4.69, 9.17) is 0 Å². The molecule has 5 rings (SSSR count). The van der Waals surface area contributed by atoms with Crippen LogP contribution in [0, 0.1) is 5.92 Å². The van der Waals surface area contributed by atoms with E-state index in [9.17, 15) is 37.5 Å². The summed E-state index contributed by atoms with van der Waals surface area (Å²) in [6.07, 6.45) is -3.91. The smallest absolute Gasteiger partial charge is 0.417 e. The fourth-order valence-electron chi connectivity index (χ4n) is 5.03. The van der Waals surface area contributed by atoms with Crippen LogP contribution in [0.2, 0.25) is 0 Å². The van der Waals surface area contributed by atoms with Gasteiger partial charge in [-0.05, 0) is 56.5 Å². The maximum absolute atomic E-state index is 13.8. The second-order valence-electron chi connectivity index (χ2n) is 10.6. The lowest BCUT2D eigenvalue weighted by Gasteiger charge is -2.58. The van der Waals surface area contributed by atoms with Gasteiger partial charge < -0.3 is 15.7 Å². The van der Waals surface area contributed by atoms with Crippen LogP contribution in [0.3, 0.4) is 0 Å². The van der Waals surface area contributed by atoms with Crippen LogP contribution < -0.4 is 10.6 Å². The van der Waals surface area contributed by atoms with Gasteiger partial charge in [-0.15, -0.1) is 11.8 Å². The molecule has 13 heteroatoms. The Bertz CT molecular complexity index is 1370. The second-order valence-corrected chi connectivity index (χ2v) is 11.8. The minimum Gasteiger partial charge on any atom is -0.480 e. The molecule has 3 fully saturated rings. The number of thioether (sulfide) groups is 1. The van der Waals surface area contributed by atoms with Gasteiger partial charge in [-0.2, -0.15) is 13.2 Å². The average molecular weight is 593 g/mol. The van der Waals surface area contributed by atoms with Crippen molar-refractivity contribution in [3.05, 3.63) is 65.2 Å². The van der Waals surface area contributed by atoms with E-state index in [-0.39, 0.29) is 11.3 Å². The third-order valence-electron chi connectivity index (χ3n) is 7.29. The summed E-state index contributed by atoms with van der Waals surface area (Å²) in [7, 11) is 0. The standard InChI is InChI=1S/C28H31F3N4O5S/c1-15(2)12-13-34-26-35(27(34,4)21(41-26)23(37)32-16(3)25(39)40)24(38)17-8-7-9-18(14-17)33-22(36)19-10-5-6-11-20(19)28(29,30)31/h5-11,14-16,21,26H,12-13H2,1-4H3,(H,32,37)(H,33,36)(H,39,40)/t16-,21?,26?,27?/m0/s1. The predicted octanol–water partition coefficient (Wildman–Crippen LogP) is 4.47. The number of hydrogen-bond donors (Lipinski definition) is 3. The number of aliphatic carboxylic acids is 1. The molecule has 0 spiro atoms. The monoisotopic (exact) mass is 592 g/mol. The number of hydrogen-bond acceptors (Lipinski definition) is 6. The zero-order valence-electron chi connectivity index (χ0n) is 22.9. The number of carboxylic acids is 1. The molecule has 3 aliphatic rings. The second kappa shape index (κ2) is 11.4. The first-order valence-electron chi connectivity index (χ1n) is 13.0. The molecule has 220 valence electrons. The molecular formula is C28H31F3N4O5S. The van der Waals surface area contributed by atoms with Gasteiger partial charge >= 0.3 is 12.1 Å². The molecule has 2 aromatic rings. The number of carbonyl (C=O) groups is 4. The van der Waals surface area contributed by atoms with Crippen LogP contribution in [0.25, 0.3) is 0 Å². The van der Waals surface area contributed by atoms with Crippen LogP contribution in [-0.4, -0.2) is 67.6 Å². The van der Waals surface area contributed by atoms with Crippen LogP contribution in [0.5, 0.6) is 0 Å². The maximum Gasteiger partial charge on any atom is 0.417 e. The summed E-state index contributed by atoms with van der Waals surface area (Å²) in [4.78, 5) is 54.5. The highest BCUT2D eigenvalue weighted by Gasteiger charge is 2.70. The topological polar surface area (TPSA) is 119 Å². The van der Waals surface area contributed by atoms with Gasteiger partial charge in [-0.3, -0.25) is 29.0 Å². The van der Waals surface area contributed by atoms with Crippen LogP contribution in [0.4, 0.5) is 18.9 Å². The van der Waals surface area contributed by atoms with Crippen LogP contribution >= 0.6 is 11.8 Å². The molecule has 41 heavy (non-hydrogen) atoms. The summed E-state index contributed by atoms with van der Waals surface area (Å²) in [6, 6.07) is 9.18. The van der Waals surface area contributed by atoms with Gasteiger partial charge in [0, 0.05) is 17.8 Å². The van der Waals surface area contributed by atoms with Crippen molar-refractivity contribution < 1.29 is 37.5 Å². The third-order valence-corrected chi connectivity index (χ3v) is 8.93. The van der Waals surface area contributed by atoms with E-state index in [1.54, 1.807) is 11.8 Å². The quantitative estimate of drug-likeness (QED) is 0.393. The molecule has 2 bridgehead atoms. The molecule has 4 atom stereocenters. The van der Waals surface area contributed by atoms with Gasteiger partial charge in [0.2, 0.25) is 5.91 Å². The van der Waals surface area contributed by atoms with E-state index in [1.807, 2.05) is 4.90 Å². The minimum atomic E-state index is -4.72. The SMILES string of the molecule is CC(C)CCN1C2SC(C(=O)N[C@@H](C)C(=O)O)C1(C)N2C(=O)c1cccc(NC(=O)c2ccccc2C(F)(F)F)c1. The van der Waals surface area contributed by atoms with E-state index in [1.165, 1.54) is 55.1 Å². The zero-order valence-corrected chi connectivity index (χ0v) is 23.7. The summed E-state index contributed by atoms with van der Waals surface area (Å²) in [5.41, 5.74) is -2.84. The van der Waals surface area contributed by atoms with Crippen molar-refractivity contribution in [2.75, 3.05) is 11.9 Å². The number of fused-ring (bicyclic) bond motifs is 1. The Labute approximate surface area is 239 Å². The van der Waals surface area contributed by atoms with Crippen LogP contribution in [0.1, 0.15) is 60.4 Å². The largest absolute Gasteiger partial charge is 0.480 e. The summed E-state index contributed by atoms with van der Waals surface area (Å²) in [5, 5.41) is 13.4. The highest BCUT2D eigenvalue weighted by atomic mass is 32.2. The van der Waals surface area contributed by atoms with Crippen molar-refractivity contribution in [1.29, 1.82) is 0 Å². The van der Waals surface area contributed by atoms with E-state index in [0.717, 1.165) is 18.6 Å². The molecule has 3 heterocycles. The summed E-state index contributed by atoms with van der Waals surface area (Å²) in [5.74, 6) is -2.71. The van der Waals surface area contributed by atoms with Gasteiger partial charge in [0.25, 0.3) is 11.8 Å². The lowest BCUT2D eigenvalue weighted by atomic mass is 9.95. The van der Waals surface area contributed by atoms with Crippen LogP contribution in [0.15, 0.2) is 48.5 Å². The van der Waals surface area contributed by atoms with Crippen molar-refractivity contribution in [2.24, 2.45) is 5.92 Å². The van der Waals surface area contributed by atoms with Crippen molar-refractivity contribution in [3.63, 3.8) is 0 Å². The molecule has 3 saturated heterocycles. The number of halogens is 3. The fourth-order valence-corrected chi connectivity index (χ4v) is 6.87. The summed E-state index contributed by atoms with van der Waals surface area (Å²) >= 11 is 1.26. The Kier molecular flexibility index (Phi) is 8.42. The Balaban J connectivity index is 1.57. The Morgan fingerprint density at radius 1 is 1.07 bits per heavy atom. The molecule has 3 aliphatic heterocycles. The molecule has 3 amide bonds. The van der Waals surface area contributed by atoms with Gasteiger partial charge in [-0.25, -0.2) is 0 Å². The fraction of sp³-hybridized carbons (Fsp3) is 0.429. The van der Waals surface area contributed by atoms with E-state index >= 15 is 0 Å². The number of carbonyl (C=O) groups excluding carboxylic acids is 3. The minimum absolute atomic E-state index is 0.129. The number of carboxylic acid groups (broad SMARTS) is 1. The van der Waals surface area contributed by atoms with Gasteiger partial charge in [-0.1, -0.05) is 32.0 Å². The van der Waals surface area contributed by atoms with Crippen molar-refractivity contribution in [1.82, 2.24) is 15.1 Å². The number of rotatable bonds is 9. The molecule has 0 aliphatic carbocycles. The number of nitrogens with zero attached hydrogens (tertiary/aromatic N) is 2. The number of anilines is 1. The molecule has 9 nitrogen and oxygen atoms in total. The molecule has 0 radical (unpaired) electrons. The lowest BCUT2D eigenvalue weighted by Crippen LogP contribution is -2.77. The van der Waals surface area contributed by atoms with Gasteiger partial charge in [0.1, 0.15) is 22.5 Å². The summed E-state index contributed by atoms with van der Waals surface area (Å²) < 4.78 is 40.2. The van der Waals surface area contributed by atoms with E-state index in [2.05, 4.69) is 24.5 Å². The van der Waals surface area contributed by atoms with Gasteiger partial charge in [0.05, 0.1) is 11.1 Å². The third kappa shape index (κ3) is 5.78. The first-order chi connectivity index (χ1) is 19.2. The number of amides is 3. The number of nitrogens with one attached hydrogen (secondary N) is 2. The Morgan fingerprint density at radius 2 is 1.76 bits per heavy atom. The number of alkyl halides is 3. The molecule has 2 aromatic carbocycles. The molecule has 3 unspecified atom stereocenters. The average Bonchev–Trinajstić information content (AvgIpc) is 3.37. The summed E-state index contributed by atoms with van der Waals surface area (Å²) in [6.45, 7) is 7.86. The lowest BCUT2D eigenvalue weighted by molar-refractivity contribution is -0.164. The van der Waals surface area contributed by atoms with Crippen LogP contribution in [-0.2, 0) is 15.8 Å². The predicted molar refractivity (Wildman–Crippen MR) is 147 cm³/mol. The molecule has 3 N–H and O–H groups in total. The highest BCUT2D eigenvalue weighted by Crippen LogP contribution is 2.58. The highest BCUT2D eigenvalue weighted by molar-refractivity contribution is 8.01. The normalized spacial score (nSPS) is 22.7. The molecular weight excluding hydrogens is 561 g/mol. The maximum atomic E-state index is 13.8. The Morgan fingerprint density at radius 3 is 2.39 bits per heavy atom. The molecule has 0 saturated carbocycles. The van der Waals surface area contributed by atoms with Crippen molar-refractivity contribution >= 4 is 41.1 Å². The zero-order chi connectivity index (χ0) is 30.3. The first kappa shape index (κ1) is 30.4. The van der Waals surface area contributed by atoms with Gasteiger partial charge in [0.15, 0.2) is 0 Å². The van der Waals surface area contributed by atoms with E-state index < -0.39 is 63.4 Å². The Hall–Kier alpha value is -3.58. The van der Waals surface area contributed by atoms with E-state index in [0.29, 0.717) is 12.5 Å². The first-order valence-corrected chi connectivity index (χ1v) is 14.0. The van der Waals surface area contributed by atoms with Crippen molar-refractivity contribution in [2.45, 2.75) is 62.7 Å².